The van der Waals surface area contributed by atoms with Gasteiger partial charge in [0.1, 0.15) is 0 Å². The predicted molar refractivity (Wildman–Crippen MR) is 86.0 cm³/mol. The Morgan fingerprint density at radius 1 is 1.45 bits per heavy atom. The molecule has 20 heavy (non-hydrogen) atoms. The first-order chi connectivity index (χ1) is 9.70. The van der Waals surface area contributed by atoms with E-state index < -0.39 is 0 Å². The summed E-state index contributed by atoms with van der Waals surface area (Å²) in [4.78, 5) is 14.4. The van der Waals surface area contributed by atoms with Crippen LogP contribution in [0.5, 0.6) is 0 Å². The third-order valence-electron chi connectivity index (χ3n) is 3.78. The molecule has 1 atom stereocenters. The molecule has 0 aliphatic carbocycles. The van der Waals surface area contributed by atoms with Gasteiger partial charge in [-0.15, -0.1) is 0 Å². The smallest absolute Gasteiger partial charge is 0.224 e. The van der Waals surface area contributed by atoms with Crippen molar-refractivity contribution in [1.29, 1.82) is 0 Å². The topological polar surface area (TPSA) is 32.3 Å². The number of nitrogens with one attached hydrogen (secondary N) is 1. The normalized spacial score (nSPS) is 18.8. The largest absolute Gasteiger partial charge is 0.339 e. The quantitative estimate of drug-likeness (QED) is 0.904. The highest BCUT2D eigenvalue weighted by molar-refractivity contribution is 7.99. The van der Waals surface area contributed by atoms with Crippen LogP contribution in [-0.4, -0.2) is 41.4 Å². The van der Waals surface area contributed by atoms with Crippen molar-refractivity contribution < 1.29 is 4.79 Å². The van der Waals surface area contributed by atoms with Crippen molar-refractivity contribution in [2.75, 3.05) is 24.6 Å². The minimum Gasteiger partial charge on any atom is -0.339 e. The molecular weight excluding hydrogens is 268 g/mol. The molecule has 1 unspecified atom stereocenters. The van der Waals surface area contributed by atoms with Crippen LogP contribution in [0, 0.1) is 6.92 Å². The van der Waals surface area contributed by atoms with E-state index in [1.54, 1.807) is 0 Å². The van der Waals surface area contributed by atoms with Gasteiger partial charge in [0.05, 0.1) is 0 Å². The van der Waals surface area contributed by atoms with Crippen molar-refractivity contribution >= 4 is 17.7 Å². The average Bonchev–Trinajstić information content (AvgIpc) is 2.47. The SMILES string of the molecule is CCN(Cc1ccccc1C)C(=O)CC1CSCCN1. The zero-order valence-electron chi connectivity index (χ0n) is 12.4. The summed E-state index contributed by atoms with van der Waals surface area (Å²) in [7, 11) is 0. The summed E-state index contributed by atoms with van der Waals surface area (Å²) in [5, 5.41) is 3.44. The predicted octanol–water partition coefficient (Wildman–Crippen LogP) is 2.44. The number of amides is 1. The molecule has 1 heterocycles. The molecule has 110 valence electrons. The van der Waals surface area contributed by atoms with Crippen molar-refractivity contribution in [2.45, 2.75) is 32.9 Å². The second-order valence-corrected chi connectivity index (χ2v) is 6.41. The first kappa shape index (κ1) is 15.4. The van der Waals surface area contributed by atoms with Crippen LogP contribution >= 0.6 is 11.8 Å². The number of nitrogens with zero attached hydrogens (tertiary/aromatic N) is 1. The van der Waals surface area contributed by atoms with Gasteiger partial charge in [-0.1, -0.05) is 24.3 Å². The lowest BCUT2D eigenvalue weighted by atomic mass is 10.1. The number of hydrogen-bond acceptors (Lipinski definition) is 3. The van der Waals surface area contributed by atoms with Gasteiger partial charge in [-0.05, 0) is 25.0 Å². The fraction of sp³-hybridized carbons (Fsp3) is 0.562. The monoisotopic (exact) mass is 292 g/mol. The standard InChI is InChI=1S/C16H24N2OS/c1-3-18(11-14-7-5-4-6-13(14)2)16(19)10-15-12-20-9-8-17-15/h4-7,15,17H,3,8-12H2,1-2H3. The van der Waals surface area contributed by atoms with Gasteiger partial charge in [0.25, 0.3) is 0 Å². The number of aryl methyl sites for hydroxylation is 1. The highest BCUT2D eigenvalue weighted by Gasteiger charge is 2.20. The summed E-state index contributed by atoms with van der Waals surface area (Å²) in [6.45, 7) is 6.67. The van der Waals surface area contributed by atoms with Crippen LogP contribution in [0.15, 0.2) is 24.3 Å². The van der Waals surface area contributed by atoms with Gasteiger partial charge in [0.2, 0.25) is 5.91 Å². The van der Waals surface area contributed by atoms with E-state index in [0.29, 0.717) is 12.5 Å². The molecule has 1 amide bonds. The molecule has 1 aromatic rings. The Morgan fingerprint density at radius 2 is 2.25 bits per heavy atom. The van der Waals surface area contributed by atoms with Gasteiger partial charge in [-0.3, -0.25) is 4.79 Å². The van der Waals surface area contributed by atoms with Gasteiger partial charge >= 0.3 is 0 Å². The van der Waals surface area contributed by atoms with E-state index in [9.17, 15) is 4.79 Å². The fourth-order valence-corrected chi connectivity index (χ4v) is 3.41. The van der Waals surface area contributed by atoms with Crippen LogP contribution in [-0.2, 0) is 11.3 Å². The molecule has 0 saturated carbocycles. The first-order valence-corrected chi connectivity index (χ1v) is 8.49. The highest BCUT2D eigenvalue weighted by atomic mass is 32.2. The van der Waals surface area contributed by atoms with Gasteiger partial charge < -0.3 is 10.2 Å². The van der Waals surface area contributed by atoms with E-state index >= 15 is 0 Å². The Balaban J connectivity index is 1.93. The summed E-state index contributed by atoms with van der Waals surface area (Å²) < 4.78 is 0. The maximum Gasteiger partial charge on any atom is 0.224 e. The number of thioether (sulfide) groups is 1. The second-order valence-electron chi connectivity index (χ2n) is 5.26. The summed E-state index contributed by atoms with van der Waals surface area (Å²) >= 11 is 1.94. The number of carbonyl (C=O) groups is 1. The molecule has 0 aromatic heterocycles. The average molecular weight is 292 g/mol. The van der Waals surface area contributed by atoms with Crippen LogP contribution in [0.2, 0.25) is 0 Å². The van der Waals surface area contributed by atoms with E-state index in [-0.39, 0.29) is 5.91 Å². The number of rotatable bonds is 5. The molecule has 1 aliphatic rings. The molecule has 1 N–H and O–H groups in total. The number of carbonyl (C=O) groups excluding carboxylic acids is 1. The van der Waals surface area contributed by atoms with Crippen molar-refractivity contribution in [1.82, 2.24) is 10.2 Å². The van der Waals surface area contributed by atoms with Gasteiger partial charge in [-0.25, -0.2) is 0 Å². The summed E-state index contributed by atoms with van der Waals surface area (Å²) in [5.41, 5.74) is 2.50. The molecule has 1 aliphatic heterocycles. The molecule has 1 saturated heterocycles. The summed E-state index contributed by atoms with van der Waals surface area (Å²) in [6, 6.07) is 8.64. The Kier molecular flexibility index (Phi) is 5.92. The third kappa shape index (κ3) is 4.25. The van der Waals surface area contributed by atoms with Crippen LogP contribution < -0.4 is 5.32 Å². The zero-order valence-corrected chi connectivity index (χ0v) is 13.2. The third-order valence-corrected chi connectivity index (χ3v) is 4.91. The Morgan fingerprint density at radius 3 is 2.90 bits per heavy atom. The first-order valence-electron chi connectivity index (χ1n) is 7.34. The van der Waals surface area contributed by atoms with Crippen LogP contribution in [0.1, 0.15) is 24.5 Å². The van der Waals surface area contributed by atoms with Crippen LogP contribution in [0.3, 0.4) is 0 Å². The number of benzene rings is 1. The van der Waals surface area contributed by atoms with Crippen molar-refractivity contribution in [2.24, 2.45) is 0 Å². The zero-order chi connectivity index (χ0) is 14.4. The molecule has 1 fully saturated rings. The van der Waals surface area contributed by atoms with Gasteiger partial charge in [0.15, 0.2) is 0 Å². The maximum atomic E-state index is 12.4. The molecule has 0 spiro atoms. The molecule has 0 bridgehead atoms. The molecule has 1 aromatic carbocycles. The van der Waals surface area contributed by atoms with E-state index in [2.05, 4.69) is 31.3 Å². The van der Waals surface area contributed by atoms with Crippen LogP contribution in [0.4, 0.5) is 0 Å². The molecule has 0 radical (unpaired) electrons. The van der Waals surface area contributed by atoms with E-state index in [4.69, 9.17) is 0 Å². The minimum absolute atomic E-state index is 0.260. The maximum absolute atomic E-state index is 12.4. The molecule has 3 nitrogen and oxygen atoms in total. The Hall–Kier alpha value is -1.00. The van der Waals surface area contributed by atoms with Crippen molar-refractivity contribution in [3.63, 3.8) is 0 Å². The molecule has 2 rings (SSSR count). The Bertz CT molecular complexity index is 444. The van der Waals surface area contributed by atoms with Crippen LogP contribution in [0.25, 0.3) is 0 Å². The fourth-order valence-electron chi connectivity index (χ4n) is 2.46. The minimum atomic E-state index is 0.260. The number of hydrogen-bond donors (Lipinski definition) is 1. The highest BCUT2D eigenvalue weighted by Crippen LogP contribution is 2.14. The lowest BCUT2D eigenvalue weighted by molar-refractivity contribution is -0.132. The summed E-state index contributed by atoms with van der Waals surface area (Å²) in [5.74, 6) is 2.47. The van der Waals surface area contributed by atoms with Gasteiger partial charge in [0, 0.05) is 43.6 Å². The molecular formula is C16H24N2OS. The van der Waals surface area contributed by atoms with E-state index in [1.165, 1.54) is 11.1 Å². The summed E-state index contributed by atoms with van der Waals surface area (Å²) in [6.07, 6.45) is 0.618. The second kappa shape index (κ2) is 7.70. The lowest BCUT2D eigenvalue weighted by Crippen LogP contribution is -2.42. The van der Waals surface area contributed by atoms with E-state index in [0.717, 1.165) is 31.1 Å². The Labute approximate surface area is 126 Å². The lowest BCUT2D eigenvalue weighted by Gasteiger charge is -2.27. The van der Waals surface area contributed by atoms with E-state index in [1.807, 2.05) is 28.8 Å². The van der Waals surface area contributed by atoms with Crippen molar-refractivity contribution in [3.8, 4) is 0 Å². The van der Waals surface area contributed by atoms with Crippen molar-refractivity contribution in [3.05, 3.63) is 35.4 Å². The van der Waals surface area contributed by atoms with Gasteiger partial charge in [-0.2, -0.15) is 11.8 Å². The molecule has 4 heteroatoms.